The van der Waals surface area contributed by atoms with Gasteiger partial charge in [0.1, 0.15) is 11.9 Å². The minimum Gasteiger partial charge on any atom is -0.508 e. The van der Waals surface area contributed by atoms with Crippen LogP contribution in [0.4, 0.5) is 5.69 Å². The van der Waals surface area contributed by atoms with E-state index in [-0.39, 0.29) is 17.6 Å². The van der Waals surface area contributed by atoms with E-state index in [1.807, 2.05) is 18.2 Å². The van der Waals surface area contributed by atoms with E-state index in [2.05, 4.69) is 4.90 Å². The van der Waals surface area contributed by atoms with E-state index in [1.54, 1.807) is 37.3 Å². The summed E-state index contributed by atoms with van der Waals surface area (Å²) in [4.78, 5) is 2.52. The lowest BCUT2D eigenvalue weighted by atomic mass is 10.1. The van der Waals surface area contributed by atoms with E-state index in [1.165, 1.54) is 0 Å². The van der Waals surface area contributed by atoms with Gasteiger partial charge in [-0.05, 0) is 42.0 Å². The Morgan fingerprint density at radius 1 is 1.21 bits per heavy atom. The van der Waals surface area contributed by atoms with Crippen LogP contribution < -0.4 is 4.90 Å². The lowest BCUT2D eigenvalue weighted by Gasteiger charge is -2.34. The Labute approximate surface area is 142 Å². The first-order chi connectivity index (χ1) is 11.5. The number of ether oxygens (including phenoxy) is 1. The zero-order chi connectivity index (χ0) is 17.2. The quantitative estimate of drug-likeness (QED) is 0.921. The van der Waals surface area contributed by atoms with Crippen molar-refractivity contribution in [3.63, 3.8) is 0 Å². The minimum absolute atomic E-state index is 0.101. The predicted octanol–water partition coefficient (Wildman–Crippen LogP) is 2.76. The number of morpholine rings is 1. The SMILES string of the molecule is CCS(=O)(=O)c1ccc(N2CCO[C@H](c3cccc(O)c3)C2)cc1. The Balaban J connectivity index is 1.77. The number of benzene rings is 2. The Morgan fingerprint density at radius 3 is 2.62 bits per heavy atom. The summed E-state index contributed by atoms with van der Waals surface area (Å²) in [5.41, 5.74) is 1.91. The fourth-order valence-corrected chi connectivity index (χ4v) is 3.73. The first-order valence-corrected chi connectivity index (χ1v) is 9.63. The van der Waals surface area contributed by atoms with Crippen LogP contribution in [0.3, 0.4) is 0 Å². The lowest BCUT2D eigenvalue weighted by molar-refractivity contribution is 0.0397. The number of rotatable bonds is 4. The number of hydrogen-bond acceptors (Lipinski definition) is 5. The van der Waals surface area contributed by atoms with Crippen LogP contribution >= 0.6 is 0 Å². The van der Waals surface area contributed by atoms with Crippen molar-refractivity contribution in [2.75, 3.05) is 30.3 Å². The molecule has 2 aromatic rings. The van der Waals surface area contributed by atoms with E-state index in [0.29, 0.717) is 18.0 Å². The van der Waals surface area contributed by atoms with Gasteiger partial charge in [0.25, 0.3) is 0 Å². The van der Waals surface area contributed by atoms with Crippen LogP contribution in [-0.2, 0) is 14.6 Å². The van der Waals surface area contributed by atoms with Crippen molar-refractivity contribution in [2.24, 2.45) is 0 Å². The lowest BCUT2D eigenvalue weighted by Crippen LogP contribution is -2.38. The van der Waals surface area contributed by atoms with Crippen molar-refractivity contribution in [1.29, 1.82) is 0 Å². The van der Waals surface area contributed by atoms with Crippen molar-refractivity contribution < 1.29 is 18.3 Å². The molecule has 0 aromatic heterocycles. The third kappa shape index (κ3) is 3.55. The summed E-state index contributed by atoms with van der Waals surface area (Å²) < 4.78 is 29.6. The Kier molecular flexibility index (Phi) is 4.78. The first kappa shape index (κ1) is 16.8. The second-order valence-corrected chi connectivity index (χ2v) is 8.08. The summed E-state index contributed by atoms with van der Waals surface area (Å²) >= 11 is 0. The molecular formula is C18H21NO4S. The molecule has 2 aromatic carbocycles. The van der Waals surface area contributed by atoms with Gasteiger partial charge in [-0.3, -0.25) is 0 Å². The number of phenols is 1. The maximum absolute atomic E-state index is 11.9. The summed E-state index contributed by atoms with van der Waals surface area (Å²) in [7, 11) is -3.18. The highest BCUT2D eigenvalue weighted by atomic mass is 32.2. The van der Waals surface area contributed by atoms with Crippen LogP contribution in [-0.4, -0.2) is 39.0 Å². The number of hydrogen-bond donors (Lipinski definition) is 1. The molecule has 0 unspecified atom stereocenters. The van der Waals surface area contributed by atoms with E-state index in [0.717, 1.165) is 17.8 Å². The van der Waals surface area contributed by atoms with Gasteiger partial charge in [-0.1, -0.05) is 19.1 Å². The minimum atomic E-state index is -3.18. The van der Waals surface area contributed by atoms with Gasteiger partial charge in [-0.2, -0.15) is 0 Å². The van der Waals surface area contributed by atoms with E-state index < -0.39 is 9.84 Å². The summed E-state index contributed by atoms with van der Waals surface area (Å²) in [6, 6.07) is 14.1. The smallest absolute Gasteiger partial charge is 0.178 e. The first-order valence-electron chi connectivity index (χ1n) is 7.98. The molecule has 6 heteroatoms. The van der Waals surface area contributed by atoms with Gasteiger partial charge in [0.15, 0.2) is 9.84 Å². The third-order valence-corrected chi connectivity index (χ3v) is 6.00. The van der Waals surface area contributed by atoms with Crippen molar-refractivity contribution in [1.82, 2.24) is 0 Å². The average Bonchev–Trinajstić information content (AvgIpc) is 2.62. The Bertz CT molecular complexity index is 802. The van der Waals surface area contributed by atoms with Crippen LogP contribution in [0.15, 0.2) is 53.4 Å². The molecule has 1 fully saturated rings. The number of aromatic hydroxyl groups is 1. The molecule has 1 heterocycles. The van der Waals surface area contributed by atoms with Gasteiger partial charge >= 0.3 is 0 Å². The molecule has 0 spiro atoms. The Morgan fingerprint density at radius 2 is 1.96 bits per heavy atom. The topological polar surface area (TPSA) is 66.8 Å². The second-order valence-electron chi connectivity index (χ2n) is 5.80. The molecule has 0 radical (unpaired) electrons. The zero-order valence-corrected chi connectivity index (χ0v) is 14.4. The van der Waals surface area contributed by atoms with E-state index in [4.69, 9.17) is 4.74 Å². The van der Waals surface area contributed by atoms with E-state index in [9.17, 15) is 13.5 Å². The molecule has 1 saturated heterocycles. The molecular weight excluding hydrogens is 326 g/mol. The molecule has 1 N–H and O–H groups in total. The van der Waals surface area contributed by atoms with Gasteiger partial charge in [-0.25, -0.2) is 8.42 Å². The van der Waals surface area contributed by atoms with Gasteiger partial charge in [0.2, 0.25) is 0 Å². The number of phenolic OH excluding ortho intramolecular Hbond substituents is 1. The molecule has 24 heavy (non-hydrogen) atoms. The van der Waals surface area contributed by atoms with Crippen LogP contribution in [0.2, 0.25) is 0 Å². The molecule has 0 aliphatic carbocycles. The van der Waals surface area contributed by atoms with Crippen LogP contribution in [0.25, 0.3) is 0 Å². The largest absolute Gasteiger partial charge is 0.508 e. The molecule has 1 aliphatic heterocycles. The van der Waals surface area contributed by atoms with E-state index >= 15 is 0 Å². The maximum Gasteiger partial charge on any atom is 0.178 e. The highest BCUT2D eigenvalue weighted by Crippen LogP contribution is 2.28. The monoisotopic (exact) mass is 347 g/mol. The molecule has 128 valence electrons. The second kappa shape index (κ2) is 6.83. The molecule has 0 saturated carbocycles. The maximum atomic E-state index is 11.9. The summed E-state index contributed by atoms with van der Waals surface area (Å²) in [6.45, 7) is 3.62. The normalized spacial score (nSPS) is 18.5. The van der Waals surface area contributed by atoms with Crippen molar-refractivity contribution >= 4 is 15.5 Å². The summed E-state index contributed by atoms with van der Waals surface area (Å²) in [5.74, 6) is 0.325. The fourth-order valence-electron chi connectivity index (χ4n) is 2.84. The van der Waals surface area contributed by atoms with Gasteiger partial charge in [-0.15, -0.1) is 0 Å². The number of anilines is 1. The molecule has 3 rings (SSSR count). The van der Waals surface area contributed by atoms with Crippen LogP contribution in [0, 0.1) is 0 Å². The summed E-state index contributed by atoms with van der Waals surface area (Å²) in [5, 5.41) is 9.63. The predicted molar refractivity (Wildman–Crippen MR) is 93.2 cm³/mol. The van der Waals surface area contributed by atoms with Crippen LogP contribution in [0.5, 0.6) is 5.75 Å². The molecule has 1 aliphatic rings. The molecule has 0 bridgehead atoms. The van der Waals surface area contributed by atoms with Crippen LogP contribution in [0.1, 0.15) is 18.6 Å². The molecule has 5 nitrogen and oxygen atoms in total. The van der Waals surface area contributed by atoms with Crippen molar-refractivity contribution in [3.8, 4) is 5.75 Å². The van der Waals surface area contributed by atoms with Gasteiger partial charge < -0.3 is 14.7 Å². The molecule has 1 atom stereocenters. The number of sulfone groups is 1. The van der Waals surface area contributed by atoms with Crippen molar-refractivity contribution in [3.05, 3.63) is 54.1 Å². The number of nitrogens with zero attached hydrogens (tertiary/aromatic N) is 1. The highest BCUT2D eigenvalue weighted by molar-refractivity contribution is 7.91. The summed E-state index contributed by atoms with van der Waals surface area (Å²) in [6.07, 6.45) is -0.120. The average molecular weight is 347 g/mol. The molecule has 0 amide bonds. The Hall–Kier alpha value is -2.05. The van der Waals surface area contributed by atoms with Gasteiger partial charge in [0, 0.05) is 18.8 Å². The van der Waals surface area contributed by atoms with Crippen molar-refractivity contribution in [2.45, 2.75) is 17.9 Å². The van der Waals surface area contributed by atoms with Gasteiger partial charge in [0.05, 0.1) is 17.3 Å². The third-order valence-electron chi connectivity index (χ3n) is 4.25. The fraction of sp³-hybridized carbons (Fsp3) is 0.333. The standard InChI is InChI=1S/C18H21NO4S/c1-2-24(21,22)17-8-6-15(7-9-17)19-10-11-23-18(13-19)14-4-3-5-16(20)12-14/h3-9,12,18,20H,2,10-11,13H2,1H3/t18-/m0/s1. The zero-order valence-electron chi connectivity index (χ0n) is 13.6. The highest BCUT2D eigenvalue weighted by Gasteiger charge is 2.23.